The molecule has 9 heteroatoms. The van der Waals surface area contributed by atoms with Crippen molar-refractivity contribution in [3.63, 3.8) is 0 Å². The lowest BCUT2D eigenvalue weighted by molar-refractivity contribution is -0.131. The predicted octanol–water partition coefficient (Wildman–Crippen LogP) is 3.45. The van der Waals surface area contributed by atoms with E-state index in [4.69, 9.17) is 14.2 Å². The summed E-state index contributed by atoms with van der Waals surface area (Å²) in [5, 5.41) is 0. The van der Waals surface area contributed by atoms with Crippen LogP contribution < -0.4 is 18.5 Å². The van der Waals surface area contributed by atoms with Crippen molar-refractivity contribution in [1.29, 1.82) is 0 Å². The molecule has 2 aromatic rings. The zero-order valence-corrected chi connectivity index (χ0v) is 19.8. The fraction of sp³-hybridized carbons (Fsp3) is 0.458. The molecular formula is C24H30N2O6S. The number of benzene rings is 2. The smallest absolute Gasteiger partial charge is 0.265 e. The third-order valence-corrected chi connectivity index (χ3v) is 7.92. The summed E-state index contributed by atoms with van der Waals surface area (Å²) in [5.74, 6) is 1.28. The van der Waals surface area contributed by atoms with E-state index in [0.29, 0.717) is 49.2 Å². The average molecular weight is 475 g/mol. The number of carbonyl (C=O) groups is 1. The van der Waals surface area contributed by atoms with Crippen molar-refractivity contribution < 1.29 is 27.4 Å². The molecule has 1 unspecified atom stereocenters. The molecule has 0 spiro atoms. The van der Waals surface area contributed by atoms with E-state index in [1.54, 1.807) is 49.3 Å². The standard InChI is InChI=1S/C24H30N2O6S/c1-18(24(27)25-13-5-3-4-6-14-25)26(19-7-9-20(30-2)10-8-19)33(28,29)21-11-12-22-23(17-21)32-16-15-31-22/h7-12,17-18H,3-6,13-16H2,1-2H3. The van der Waals surface area contributed by atoms with Gasteiger partial charge in [-0.25, -0.2) is 8.42 Å². The number of hydrogen-bond donors (Lipinski definition) is 0. The second kappa shape index (κ2) is 9.91. The van der Waals surface area contributed by atoms with Crippen molar-refractivity contribution in [3.05, 3.63) is 42.5 Å². The second-order valence-corrected chi connectivity index (χ2v) is 10.0. The first-order chi connectivity index (χ1) is 15.9. The molecule has 2 aliphatic rings. The Labute approximate surface area is 195 Å². The molecular weight excluding hydrogens is 444 g/mol. The molecule has 1 atom stereocenters. The highest BCUT2D eigenvalue weighted by atomic mass is 32.2. The van der Waals surface area contributed by atoms with E-state index in [-0.39, 0.29) is 10.8 Å². The van der Waals surface area contributed by atoms with Gasteiger partial charge in [-0.05, 0) is 56.2 Å². The van der Waals surface area contributed by atoms with E-state index in [9.17, 15) is 13.2 Å². The number of hydrogen-bond acceptors (Lipinski definition) is 6. The Morgan fingerprint density at radius 3 is 2.24 bits per heavy atom. The maximum absolute atomic E-state index is 13.9. The molecule has 33 heavy (non-hydrogen) atoms. The number of methoxy groups -OCH3 is 1. The quantitative estimate of drug-likeness (QED) is 0.638. The van der Waals surface area contributed by atoms with Gasteiger partial charge in [-0.1, -0.05) is 12.8 Å². The van der Waals surface area contributed by atoms with Crippen molar-refractivity contribution in [2.75, 3.05) is 37.7 Å². The van der Waals surface area contributed by atoms with Crippen LogP contribution in [0.25, 0.3) is 0 Å². The molecule has 2 heterocycles. The van der Waals surface area contributed by atoms with E-state index >= 15 is 0 Å². The predicted molar refractivity (Wildman–Crippen MR) is 125 cm³/mol. The molecule has 2 aliphatic heterocycles. The number of likely N-dealkylation sites (tertiary alicyclic amines) is 1. The van der Waals surface area contributed by atoms with Crippen LogP contribution in [0.5, 0.6) is 17.2 Å². The minimum Gasteiger partial charge on any atom is -0.497 e. The molecule has 4 rings (SSSR count). The van der Waals surface area contributed by atoms with Gasteiger partial charge in [0.25, 0.3) is 10.0 Å². The SMILES string of the molecule is COc1ccc(N(C(C)C(=O)N2CCCCCC2)S(=O)(=O)c2ccc3c(c2)OCCO3)cc1. The van der Waals surface area contributed by atoms with E-state index in [2.05, 4.69) is 0 Å². The van der Waals surface area contributed by atoms with E-state index in [1.807, 2.05) is 0 Å². The lowest BCUT2D eigenvalue weighted by Gasteiger charge is -2.33. The number of rotatable bonds is 6. The van der Waals surface area contributed by atoms with E-state index in [0.717, 1.165) is 25.7 Å². The molecule has 1 saturated heterocycles. The van der Waals surface area contributed by atoms with Gasteiger partial charge in [0.1, 0.15) is 25.0 Å². The zero-order chi connectivity index (χ0) is 23.4. The molecule has 0 saturated carbocycles. The monoisotopic (exact) mass is 474 g/mol. The highest BCUT2D eigenvalue weighted by Gasteiger charge is 2.36. The fourth-order valence-corrected chi connectivity index (χ4v) is 5.88. The van der Waals surface area contributed by atoms with Crippen LogP contribution in [-0.2, 0) is 14.8 Å². The molecule has 1 fully saturated rings. The minimum absolute atomic E-state index is 0.0399. The Morgan fingerprint density at radius 1 is 0.970 bits per heavy atom. The number of fused-ring (bicyclic) bond motifs is 1. The summed E-state index contributed by atoms with van der Waals surface area (Å²) in [7, 11) is -2.54. The molecule has 8 nitrogen and oxygen atoms in total. The number of amides is 1. The van der Waals surface area contributed by atoms with Gasteiger partial charge >= 0.3 is 0 Å². The fourth-order valence-electron chi connectivity index (χ4n) is 4.25. The molecule has 1 amide bonds. The molecule has 0 bridgehead atoms. The second-order valence-electron chi connectivity index (χ2n) is 8.22. The highest BCUT2D eigenvalue weighted by Crippen LogP contribution is 2.35. The normalized spacial score (nSPS) is 17.1. The van der Waals surface area contributed by atoms with Crippen molar-refractivity contribution in [2.45, 2.75) is 43.5 Å². The van der Waals surface area contributed by atoms with Crippen LogP contribution in [0.2, 0.25) is 0 Å². The zero-order valence-electron chi connectivity index (χ0n) is 19.0. The average Bonchev–Trinajstić information content (AvgIpc) is 3.13. The van der Waals surface area contributed by atoms with Gasteiger partial charge in [0.15, 0.2) is 11.5 Å². The Bertz CT molecular complexity index is 1080. The number of anilines is 1. The van der Waals surface area contributed by atoms with Crippen molar-refractivity contribution in [1.82, 2.24) is 4.90 Å². The number of sulfonamides is 1. The summed E-state index contributed by atoms with van der Waals surface area (Å²) in [6.07, 6.45) is 4.01. The van der Waals surface area contributed by atoms with Gasteiger partial charge in [0.05, 0.1) is 17.7 Å². The number of carbonyl (C=O) groups excluding carboxylic acids is 1. The third-order valence-electron chi connectivity index (χ3n) is 6.02. The van der Waals surface area contributed by atoms with Crippen LogP contribution in [0.1, 0.15) is 32.6 Å². The van der Waals surface area contributed by atoms with Crippen molar-refractivity contribution in [3.8, 4) is 17.2 Å². The molecule has 0 aromatic heterocycles. The van der Waals surface area contributed by atoms with Gasteiger partial charge in [0, 0.05) is 19.2 Å². The number of ether oxygens (including phenoxy) is 3. The first-order valence-corrected chi connectivity index (χ1v) is 12.7. The third kappa shape index (κ3) is 4.88. The van der Waals surface area contributed by atoms with E-state index < -0.39 is 16.1 Å². The van der Waals surface area contributed by atoms with Gasteiger partial charge in [-0.3, -0.25) is 9.10 Å². The maximum atomic E-state index is 13.9. The summed E-state index contributed by atoms with van der Waals surface area (Å²) in [4.78, 5) is 15.3. The lowest BCUT2D eigenvalue weighted by atomic mass is 10.2. The summed E-state index contributed by atoms with van der Waals surface area (Å²) >= 11 is 0. The largest absolute Gasteiger partial charge is 0.497 e. The van der Waals surface area contributed by atoms with Crippen LogP contribution in [-0.4, -0.2) is 58.7 Å². The summed E-state index contributed by atoms with van der Waals surface area (Å²) in [6, 6.07) is 10.3. The van der Waals surface area contributed by atoms with Crippen LogP contribution in [0.4, 0.5) is 5.69 Å². The Hall–Kier alpha value is -2.94. The minimum atomic E-state index is -4.09. The summed E-state index contributed by atoms with van der Waals surface area (Å²) < 4.78 is 45.3. The van der Waals surface area contributed by atoms with Gasteiger partial charge in [-0.2, -0.15) is 0 Å². The maximum Gasteiger partial charge on any atom is 0.265 e. The van der Waals surface area contributed by atoms with Crippen molar-refractivity contribution in [2.24, 2.45) is 0 Å². The summed E-state index contributed by atoms with van der Waals surface area (Å²) in [5.41, 5.74) is 0.390. The molecule has 0 N–H and O–H groups in total. The Kier molecular flexibility index (Phi) is 6.97. The molecule has 0 aliphatic carbocycles. The van der Waals surface area contributed by atoms with Crippen LogP contribution in [0, 0.1) is 0 Å². The van der Waals surface area contributed by atoms with Gasteiger partial charge in [0.2, 0.25) is 5.91 Å². The highest BCUT2D eigenvalue weighted by molar-refractivity contribution is 7.93. The molecule has 0 radical (unpaired) electrons. The molecule has 178 valence electrons. The van der Waals surface area contributed by atoms with Crippen LogP contribution in [0.15, 0.2) is 47.4 Å². The summed E-state index contributed by atoms with van der Waals surface area (Å²) in [6.45, 7) is 3.70. The van der Waals surface area contributed by atoms with Crippen molar-refractivity contribution >= 4 is 21.6 Å². The Balaban J connectivity index is 1.73. The first-order valence-electron chi connectivity index (χ1n) is 11.3. The van der Waals surface area contributed by atoms with Crippen LogP contribution >= 0.6 is 0 Å². The van der Waals surface area contributed by atoms with Gasteiger partial charge < -0.3 is 19.1 Å². The van der Waals surface area contributed by atoms with Gasteiger partial charge in [-0.15, -0.1) is 0 Å². The Morgan fingerprint density at radius 2 is 1.61 bits per heavy atom. The topological polar surface area (TPSA) is 85.4 Å². The number of nitrogens with zero attached hydrogens (tertiary/aromatic N) is 2. The van der Waals surface area contributed by atoms with E-state index in [1.165, 1.54) is 16.4 Å². The van der Waals surface area contributed by atoms with Crippen LogP contribution in [0.3, 0.4) is 0 Å². The lowest BCUT2D eigenvalue weighted by Crippen LogP contribution is -2.50. The molecule has 2 aromatic carbocycles. The first kappa shape index (κ1) is 23.2.